The maximum absolute atomic E-state index is 6.32. The summed E-state index contributed by atoms with van der Waals surface area (Å²) in [6.45, 7) is 5.28. The summed E-state index contributed by atoms with van der Waals surface area (Å²) in [5.74, 6) is 0. The standard InChI is InChI=1S/C18H26N2O/c1-3-11-20-18(16-10-12-21-13-16)9-8-17(19)15-6-4-14(2)5-7-15/h4-7,10,12-13,17-18,20H,3,8-9,11,19H2,1-2H3. The number of nitrogens with one attached hydrogen (secondary N) is 1. The molecule has 0 aliphatic heterocycles. The largest absolute Gasteiger partial charge is 0.472 e. The Balaban J connectivity index is 1.93. The summed E-state index contributed by atoms with van der Waals surface area (Å²) < 4.78 is 5.21. The highest BCUT2D eigenvalue weighted by Crippen LogP contribution is 2.24. The van der Waals surface area contributed by atoms with E-state index in [4.69, 9.17) is 10.2 Å². The van der Waals surface area contributed by atoms with E-state index in [1.807, 2.05) is 12.3 Å². The summed E-state index contributed by atoms with van der Waals surface area (Å²) in [5, 5.41) is 3.57. The van der Waals surface area contributed by atoms with Crippen molar-refractivity contribution >= 4 is 0 Å². The maximum Gasteiger partial charge on any atom is 0.0950 e. The van der Waals surface area contributed by atoms with Gasteiger partial charge in [0.25, 0.3) is 0 Å². The van der Waals surface area contributed by atoms with Crippen LogP contribution in [0.4, 0.5) is 0 Å². The van der Waals surface area contributed by atoms with Crippen molar-refractivity contribution in [2.45, 2.75) is 45.2 Å². The maximum atomic E-state index is 6.32. The van der Waals surface area contributed by atoms with Crippen LogP contribution in [0.3, 0.4) is 0 Å². The summed E-state index contributed by atoms with van der Waals surface area (Å²) in [4.78, 5) is 0. The first-order valence-corrected chi connectivity index (χ1v) is 7.78. The van der Waals surface area contributed by atoms with E-state index in [0.717, 1.165) is 25.8 Å². The van der Waals surface area contributed by atoms with Gasteiger partial charge in [0.2, 0.25) is 0 Å². The molecule has 0 aliphatic carbocycles. The minimum Gasteiger partial charge on any atom is -0.472 e. The van der Waals surface area contributed by atoms with Crippen molar-refractivity contribution in [3.8, 4) is 0 Å². The lowest BCUT2D eigenvalue weighted by Gasteiger charge is -2.20. The normalized spacial score (nSPS) is 14.0. The Morgan fingerprint density at radius 1 is 1.10 bits per heavy atom. The van der Waals surface area contributed by atoms with Crippen molar-refractivity contribution in [1.82, 2.24) is 5.32 Å². The van der Waals surface area contributed by atoms with Gasteiger partial charge in [0.15, 0.2) is 0 Å². The molecule has 2 atom stereocenters. The molecule has 0 saturated carbocycles. The third-order valence-corrected chi connectivity index (χ3v) is 3.86. The average Bonchev–Trinajstić information content (AvgIpc) is 3.02. The lowest BCUT2D eigenvalue weighted by molar-refractivity contribution is 0.454. The Kier molecular flexibility index (Phi) is 6.03. The van der Waals surface area contributed by atoms with Crippen molar-refractivity contribution in [3.05, 3.63) is 59.5 Å². The van der Waals surface area contributed by atoms with E-state index in [2.05, 4.69) is 43.4 Å². The number of furan rings is 1. The second-order valence-corrected chi connectivity index (χ2v) is 5.66. The summed E-state index contributed by atoms with van der Waals surface area (Å²) in [7, 11) is 0. The van der Waals surface area contributed by atoms with Gasteiger partial charge in [0, 0.05) is 17.6 Å². The Morgan fingerprint density at radius 3 is 2.48 bits per heavy atom. The number of rotatable bonds is 8. The molecule has 1 aromatic carbocycles. The zero-order valence-electron chi connectivity index (χ0n) is 13.0. The van der Waals surface area contributed by atoms with Gasteiger partial charge in [-0.2, -0.15) is 0 Å². The van der Waals surface area contributed by atoms with Crippen molar-refractivity contribution in [2.24, 2.45) is 5.73 Å². The molecule has 114 valence electrons. The Bertz CT molecular complexity index is 505. The smallest absolute Gasteiger partial charge is 0.0950 e. The van der Waals surface area contributed by atoms with Crippen molar-refractivity contribution in [3.63, 3.8) is 0 Å². The van der Waals surface area contributed by atoms with Gasteiger partial charge in [0.05, 0.1) is 12.5 Å². The first-order valence-electron chi connectivity index (χ1n) is 7.78. The fourth-order valence-corrected chi connectivity index (χ4v) is 2.50. The van der Waals surface area contributed by atoms with Crippen LogP contribution in [0.5, 0.6) is 0 Å². The van der Waals surface area contributed by atoms with Gasteiger partial charge in [-0.1, -0.05) is 36.8 Å². The zero-order chi connectivity index (χ0) is 15.1. The highest BCUT2D eigenvalue weighted by Gasteiger charge is 2.14. The molecule has 2 rings (SSSR count). The fraction of sp³-hybridized carbons (Fsp3) is 0.444. The monoisotopic (exact) mass is 286 g/mol. The molecule has 0 bridgehead atoms. The SMILES string of the molecule is CCCNC(CCC(N)c1ccc(C)cc1)c1ccoc1. The van der Waals surface area contributed by atoms with Crippen LogP contribution in [0.15, 0.2) is 47.3 Å². The molecule has 21 heavy (non-hydrogen) atoms. The molecule has 0 radical (unpaired) electrons. The van der Waals surface area contributed by atoms with E-state index >= 15 is 0 Å². The van der Waals surface area contributed by atoms with Crippen LogP contribution < -0.4 is 11.1 Å². The number of nitrogens with two attached hydrogens (primary N) is 1. The molecular weight excluding hydrogens is 260 g/mol. The quantitative estimate of drug-likeness (QED) is 0.768. The number of hydrogen-bond donors (Lipinski definition) is 2. The predicted octanol–water partition coefficient (Wildman–Crippen LogP) is 4.11. The molecule has 2 unspecified atom stereocenters. The Hall–Kier alpha value is -1.58. The van der Waals surface area contributed by atoms with Crippen LogP contribution in [-0.2, 0) is 0 Å². The van der Waals surface area contributed by atoms with Gasteiger partial charge in [0.1, 0.15) is 0 Å². The predicted molar refractivity (Wildman–Crippen MR) is 87.1 cm³/mol. The van der Waals surface area contributed by atoms with Gasteiger partial charge in [-0.25, -0.2) is 0 Å². The fourth-order valence-electron chi connectivity index (χ4n) is 2.50. The molecule has 1 heterocycles. The summed E-state index contributed by atoms with van der Waals surface area (Å²) in [6.07, 6.45) is 6.64. The average molecular weight is 286 g/mol. The first kappa shape index (κ1) is 15.8. The molecule has 0 saturated heterocycles. The molecule has 3 nitrogen and oxygen atoms in total. The van der Waals surface area contributed by atoms with E-state index in [0.29, 0.717) is 6.04 Å². The summed E-state index contributed by atoms with van der Waals surface area (Å²) in [6, 6.07) is 10.9. The highest BCUT2D eigenvalue weighted by atomic mass is 16.3. The molecule has 0 amide bonds. The number of benzene rings is 1. The van der Waals surface area contributed by atoms with Gasteiger partial charge < -0.3 is 15.5 Å². The molecule has 0 aliphatic rings. The lowest BCUT2D eigenvalue weighted by Crippen LogP contribution is -2.23. The molecule has 3 N–H and O–H groups in total. The lowest BCUT2D eigenvalue weighted by atomic mass is 9.97. The zero-order valence-corrected chi connectivity index (χ0v) is 13.0. The van der Waals surface area contributed by atoms with Crippen LogP contribution >= 0.6 is 0 Å². The summed E-state index contributed by atoms with van der Waals surface area (Å²) in [5.41, 5.74) is 10.0. The molecule has 3 heteroatoms. The number of hydrogen-bond acceptors (Lipinski definition) is 3. The van der Waals surface area contributed by atoms with E-state index in [9.17, 15) is 0 Å². The first-order chi connectivity index (χ1) is 10.2. The highest BCUT2D eigenvalue weighted by molar-refractivity contribution is 5.24. The van der Waals surface area contributed by atoms with E-state index < -0.39 is 0 Å². The van der Waals surface area contributed by atoms with E-state index in [1.54, 1.807) is 6.26 Å². The van der Waals surface area contributed by atoms with Crippen molar-refractivity contribution < 1.29 is 4.42 Å². The van der Waals surface area contributed by atoms with Crippen LogP contribution in [0.2, 0.25) is 0 Å². The Morgan fingerprint density at radius 2 is 1.86 bits per heavy atom. The third kappa shape index (κ3) is 4.73. The van der Waals surface area contributed by atoms with Gasteiger partial charge in [-0.15, -0.1) is 0 Å². The van der Waals surface area contributed by atoms with Gasteiger partial charge in [-0.3, -0.25) is 0 Å². The topological polar surface area (TPSA) is 51.2 Å². The second-order valence-electron chi connectivity index (χ2n) is 5.66. The minimum atomic E-state index is 0.0865. The van der Waals surface area contributed by atoms with Crippen LogP contribution in [0, 0.1) is 6.92 Å². The third-order valence-electron chi connectivity index (χ3n) is 3.86. The molecule has 1 aromatic heterocycles. The Labute approximate surface area is 127 Å². The molecule has 0 spiro atoms. The minimum absolute atomic E-state index is 0.0865. The van der Waals surface area contributed by atoms with Crippen molar-refractivity contribution in [2.75, 3.05) is 6.54 Å². The van der Waals surface area contributed by atoms with Crippen LogP contribution in [0.25, 0.3) is 0 Å². The molecule has 0 fully saturated rings. The summed E-state index contributed by atoms with van der Waals surface area (Å²) >= 11 is 0. The molecular formula is C18H26N2O. The van der Waals surface area contributed by atoms with Gasteiger partial charge >= 0.3 is 0 Å². The number of aryl methyl sites for hydroxylation is 1. The molecule has 2 aromatic rings. The second kappa shape index (κ2) is 8.01. The van der Waals surface area contributed by atoms with Crippen LogP contribution in [-0.4, -0.2) is 6.54 Å². The van der Waals surface area contributed by atoms with Crippen LogP contribution in [0.1, 0.15) is 55.0 Å². The van der Waals surface area contributed by atoms with E-state index in [-0.39, 0.29) is 6.04 Å². The van der Waals surface area contributed by atoms with E-state index in [1.165, 1.54) is 16.7 Å². The van der Waals surface area contributed by atoms with Gasteiger partial charge in [-0.05, 0) is 44.4 Å². The van der Waals surface area contributed by atoms with Crippen molar-refractivity contribution in [1.29, 1.82) is 0 Å².